The normalized spacial score (nSPS) is 20.5. The van der Waals surface area contributed by atoms with Gasteiger partial charge in [-0.1, -0.05) is 13.8 Å². The quantitative estimate of drug-likeness (QED) is 0.834. The Balaban J connectivity index is 1.76. The van der Waals surface area contributed by atoms with Crippen LogP contribution in [0.4, 0.5) is 0 Å². The van der Waals surface area contributed by atoms with Gasteiger partial charge < -0.3 is 15.2 Å². The molecule has 1 atom stereocenters. The zero-order valence-electron chi connectivity index (χ0n) is 16.8. The lowest BCUT2D eigenvalue weighted by molar-refractivity contribution is -0.119. The topological polar surface area (TPSA) is 88.5 Å². The second kappa shape index (κ2) is 7.12. The monoisotopic (exact) mass is 392 g/mol. The first kappa shape index (κ1) is 19.3. The summed E-state index contributed by atoms with van der Waals surface area (Å²) < 4.78 is 5.47. The van der Waals surface area contributed by atoms with Crippen molar-refractivity contribution in [3.8, 4) is 17.0 Å². The van der Waals surface area contributed by atoms with E-state index in [1.54, 1.807) is 12.1 Å². The number of pyridine rings is 1. The van der Waals surface area contributed by atoms with Gasteiger partial charge in [0.1, 0.15) is 11.9 Å². The van der Waals surface area contributed by atoms with Crippen LogP contribution in [0.25, 0.3) is 11.3 Å². The molecule has 2 aromatic rings. The number of aromatic nitrogens is 1. The molecule has 4 rings (SSSR count). The lowest BCUT2D eigenvalue weighted by Crippen LogP contribution is -2.33. The predicted molar refractivity (Wildman–Crippen MR) is 108 cm³/mol. The molecule has 29 heavy (non-hydrogen) atoms. The van der Waals surface area contributed by atoms with E-state index in [4.69, 9.17) is 4.74 Å². The number of ketones is 1. The number of ether oxygens (including phenoxy) is 1. The molecule has 1 aliphatic heterocycles. The van der Waals surface area contributed by atoms with Crippen LogP contribution in [0.3, 0.4) is 0 Å². The third kappa shape index (κ3) is 3.56. The van der Waals surface area contributed by atoms with Crippen LogP contribution < -0.4 is 10.1 Å². The number of allylic oxidation sites excluding steroid dienone is 1. The zero-order chi connectivity index (χ0) is 20.8. The third-order valence-corrected chi connectivity index (χ3v) is 5.35. The molecular weight excluding hydrogens is 368 g/mol. The highest BCUT2D eigenvalue weighted by molar-refractivity contribution is 6.04. The summed E-state index contributed by atoms with van der Waals surface area (Å²) in [5.74, 6) is 0.265. The molecule has 0 fully saturated rings. The summed E-state index contributed by atoms with van der Waals surface area (Å²) in [6.07, 6.45) is -0.381. The van der Waals surface area contributed by atoms with E-state index in [2.05, 4.69) is 10.3 Å². The van der Waals surface area contributed by atoms with Crippen molar-refractivity contribution in [1.29, 1.82) is 0 Å². The first-order valence-electron chi connectivity index (χ1n) is 9.79. The van der Waals surface area contributed by atoms with Crippen LogP contribution in [0, 0.1) is 5.41 Å². The second-order valence-electron chi connectivity index (χ2n) is 8.28. The molecule has 6 heteroatoms. The van der Waals surface area contributed by atoms with Gasteiger partial charge in [0.05, 0.1) is 23.6 Å². The molecule has 0 saturated heterocycles. The molecule has 2 heterocycles. The summed E-state index contributed by atoms with van der Waals surface area (Å²) >= 11 is 0. The molecule has 1 aliphatic carbocycles. The van der Waals surface area contributed by atoms with Gasteiger partial charge in [-0.2, -0.15) is 0 Å². The molecule has 0 spiro atoms. The second-order valence-corrected chi connectivity index (χ2v) is 8.28. The van der Waals surface area contributed by atoms with E-state index in [1.807, 2.05) is 45.0 Å². The fourth-order valence-corrected chi connectivity index (χ4v) is 4.03. The van der Waals surface area contributed by atoms with E-state index in [1.165, 1.54) is 0 Å². The number of amides is 1. The van der Waals surface area contributed by atoms with Crippen molar-refractivity contribution in [3.05, 3.63) is 58.9 Å². The molecule has 0 bridgehead atoms. The number of aliphatic hydroxyl groups is 1. The lowest BCUT2D eigenvalue weighted by Gasteiger charge is -2.32. The van der Waals surface area contributed by atoms with Crippen molar-refractivity contribution in [1.82, 2.24) is 10.3 Å². The van der Waals surface area contributed by atoms with E-state index in [-0.39, 0.29) is 33.9 Å². The van der Waals surface area contributed by atoms with Gasteiger partial charge in [-0.25, -0.2) is 4.98 Å². The smallest absolute Gasteiger partial charge is 0.257 e. The van der Waals surface area contributed by atoms with Gasteiger partial charge in [-0.05, 0) is 55.2 Å². The fraction of sp³-hybridized carbons (Fsp3) is 0.348. The van der Waals surface area contributed by atoms with Crippen molar-refractivity contribution in [3.63, 3.8) is 0 Å². The molecule has 1 unspecified atom stereocenters. The van der Waals surface area contributed by atoms with Gasteiger partial charge >= 0.3 is 0 Å². The van der Waals surface area contributed by atoms with E-state index in [0.29, 0.717) is 30.8 Å². The standard InChI is InChI=1S/C23H24N2O4/c1-4-29-14-7-5-13(6-8-14)16-10-9-15-20(24-16)21(27)19-17(25-22(15)28)11-23(2,3)12-18(19)26/h5-10,21,27H,4,11-12H2,1-3H3,(H,25,28). The molecule has 0 radical (unpaired) electrons. The SMILES string of the molecule is CCOc1ccc(-c2ccc3c(n2)C(O)C2=C(CC(C)(C)CC2=O)NC3=O)cc1. The van der Waals surface area contributed by atoms with Crippen LogP contribution in [0.15, 0.2) is 47.7 Å². The highest BCUT2D eigenvalue weighted by Crippen LogP contribution is 2.42. The third-order valence-electron chi connectivity index (χ3n) is 5.35. The van der Waals surface area contributed by atoms with Gasteiger partial charge in [-0.15, -0.1) is 0 Å². The fourth-order valence-electron chi connectivity index (χ4n) is 4.03. The first-order valence-corrected chi connectivity index (χ1v) is 9.79. The summed E-state index contributed by atoms with van der Waals surface area (Å²) in [5.41, 5.74) is 2.45. The Morgan fingerprint density at radius 3 is 2.55 bits per heavy atom. The van der Waals surface area contributed by atoms with Gasteiger partial charge in [0.25, 0.3) is 5.91 Å². The number of aliphatic hydroxyl groups excluding tert-OH is 1. The molecule has 1 aromatic carbocycles. The number of hydrogen-bond donors (Lipinski definition) is 2. The van der Waals surface area contributed by atoms with E-state index >= 15 is 0 Å². The molecular formula is C23H24N2O4. The Morgan fingerprint density at radius 2 is 1.86 bits per heavy atom. The maximum Gasteiger partial charge on any atom is 0.257 e. The zero-order valence-corrected chi connectivity index (χ0v) is 16.8. The van der Waals surface area contributed by atoms with Gasteiger partial charge in [0.15, 0.2) is 5.78 Å². The van der Waals surface area contributed by atoms with Crippen LogP contribution in [0.2, 0.25) is 0 Å². The molecule has 1 aromatic heterocycles. The minimum absolute atomic E-state index is 0.148. The van der Waals surface area contributed by atoms with E-state index in [9.17, 15) is 14.7 Å². The average Bonchev–Trinajstić information content (AvgIpc) is 2.76. The minimum Gasteiger partial charge on any atom is -0.494 e. The number of nitrogens with zero attached hydrogens (tertiary/aromatic N) is 1. The molecule has 6 nitrogen and oxygen atoms in total. The van der Waals surface area contributed by atoms with Gasteiger partial charge in [0.2, 0.25) is 0 Å². The van der Waals surface area contributed by atoms with Crippen LogP contribution in [-0.2, 0) is 4.79 Å². The molecule has 0 saturated carbocycles. The maximum atomic E-state index is 12.8. The molecule has 150 valence electrons. The Bertz CT molecular complexity index is 1020. The average molecular weight is 392 g/mol. The highest BCUT2D eigenvalue weighted by atomic mass is 16.5. The Labute approximate surface area is 169 Å². The van der Waals surface area contributed by atoms with Crippen molar-refractivity contribution in [2.45, 2.75) is 39.7 Å². The van der Waals surface area contributed by atoms with Crippen LogP contribution >= 0.6 is 0 Å². The number of hydrogen-bond acceptors (Lipinski definition) is 5. The lowest BCUT2D eigenvalue weighted by atomic mass is 9.74. The van der Waals surface area contributed by atoms with E-state index in [0.717, 1.165) is 11.3 Å². The number of carbonyl (C=O) groups excluding carboxylic acids is 2. The summed E-state index contributed by atoms with van der Waals surface area (Å²) in [6, 6.07) is 10.9. The maximum absolute atomic E-state index is 12.8. The first-order chi connectivity index (χ1) is 13.8. The van der Waals surface area contributed by atoms with Crippen LogP contribution in [0.1, 0.15) is 55.8 Å². The van der Waals surface area contributed by atoms with Crippen LogP contribution in [-0.4, -0.2) is 28.4 Å². The minimum atomic E-state index is -1.23. The Kier molecular flexibility index (Phi) is 4.74. The number of fused-ring (bicyclic) bond motifs is 1. The predicted octanol–water partition coefficient (Wildman–Crippen LogP) is 3.57. The van der Waals surface area contributed by atoms with Crippen LogP contribution in [0.5, 0.6) is 5.75 Å². The van der Waals surface area contributed by atoms with Crippen molar-refractivity contribution < 1.29 is 19.4 Å². The number of Topliss-reactive ketones (excluding diaryl/α,β-unsaturated/α-hetero) is 1. The Morgan fingerprint density at radius 1 is 1.14 bits per heavy atom. The highest BCUT2D eigenvalue weighted by Gasteiger charge is 2.40. The molecule has 2 N–H and O–H groups in total. The number of benzene rings is 1. The number of carbonyl (C=O) groups is 2. The largest absolute Gasteiger partial charge is 0.494 e. The molecule has 1 amide bonds. The van der Waals surface area contributed by atoms with Gasteiger partial charge in [0, 0.05) is 23.3 Å². The summed E-state index contributed by atoms with van der Waals surface area (Å²) in [6.45, 7) is 6.46. The number of nitrogens with one attached hydrogen (secondary N) is 1. The van der Waals surface area contributed by atoms with E-state index < -0.39 is 6.10 Å². The summed E-state index contributed by atoms with van der Waals surface area (Å²) in [5, 5.41) is 13.9. The number of rotatable bonds is 3. The van der Waals surface area contributed by atoms with Gasteiger partial charge in [-0.3, -0.25) is 9.59 Å². The molecule has 2 aliphatic rings. The Hall–Kier alpha value is -2.99. The van der Waals surface area contributed by atoms with Crippen molar-refractivity contribution in [2.24, 2.45) is 5.41 Å². The summed E-state index contributed by atoms with van der Waals surface area (Å²) in [7, 11) is 0. The van der Waals surface area contributed by atoms with Crippen molar-refractivity contribution >= 4 is 11.7 Å². The summed E-state index contributed by atoms with van der Waals surface area (Å²) in [4.78, 5) is 30.1. The van der Waals surface area contributed by atoms with Crippen molar-refractivity contribution in [2.75, 3.05) is 6.61 Å².